The van der Waals surface area contributed by atoms with E-state index in [9.17, 15) is 4.79 Å². The van der Waals surface area contributed by atoms with Gasteiger partial charge in [0.25, 0.3) is 0 Å². The van der Waals surface area contributed by atoms with E-state index in [1.807, 2.05) is 37.3 Å². The molecule has 0 saturated heterocycles. The maximum atomic E-state index is 10.3. The van der Waals surface area contributed by atoms with Crippen molar-refractivity contribution in [3.63, 3.8) is 0 Å². The average Bonchev–Trinajstić information content (AvgIpc) is 2.28. The highest BCUT2D eigenvalue weighted by atomic mass is 16.1. The summed E-state index contributed by atoms with van der Waals surface area (Å²) in [6, 6.07) is 12.1. The molecule has 2 aromatic rings. The summed E-state index contributed by atoms with van der Waals surface area (Å²) in [5.41, 5.74) is 2.04. The van der Waals surface area contributed by atoms with Crippen molar-refractivity contribution in [3.8, 4) is 11.8 Å². The number of fused-ring (bicyclic) bond motifs is 1. The van der Waals surface area contributed by atoms with Crippen LogP contribution in [0.15, 0.2) is 36.4 Å². The molecule has 0 saturated carbocycles. The number of hydrogen-bond acceptors (Lipinski definition) is 1. The van der Waals surface area contributed by atoms with E-state index in [0.717, 1.165) is 21.9 Å². The van der Waals surface area contributed by atoms with Gasteiger partial charge in [0.1, 0.15) is 0 Å². The predicted molar refractivity (Wildman–Crippen MR) is 61.6 cm³/mol. The lowest BCUT2D eigenvalue weighted by Gasteiger charge is -2.03. The third-order valence-corrected chi connectivity index (χ3v) is 2.39. The van der Waals surface area contributed by atoms with E-state index >= 15 is 0 Å². The average molecular weight is 194 g/mol. The van der Waals surface area contributed by atoms with Gasteiger partial charge in [-0.3, -0.25) is 4.79 Å². The molecular weight excluding hydrogens is 184 g/mol. The molecule has 0 aliphatic heterocycles. The first-order valence-corrected chi connectivity index (χ1v) is 4.76. The Morgan fingerprint density at radius 1 is 1.13 bits per heavy atom. The first kappa shape index (κ1) is 9.48. The van der Waals surface area contributed by atoms with Gasteiger partial charge in [0.2, 0.25) is 0 Å². The molecule has 2 aromatic carbocycles. The number of carbonyl (C=O) groups is 1. The van der Waals surface area contributed by atoms with Gasteiger partial charge in [-0.15, -0.1) is 0 Å². The smallest absolute Gasteiger partial charge is 0.193 e. The maximum absolute atomic E-state index is 10.3. The summed E-state index contributed by atoms with van der Waals surface area (Å²) in [7, 11) is 0. The topological polar surface area (TPSA) is 17.1 Å². The van der Waals surface area contributed by atoms with Crippen LogP contribution in [-0.4, -0.2) is 6.29 Å². The molecule has 0 fully saturated rings. The van der Waals surface area contributed by atoms with Crippen molar-refractivity contribution in [2.45, 2.75) is 6.92 Å². The van der Waals surface area contributed by atoms with Crippen LogP contribution in [0.1, 0.15) is 11.1 Å². The Hall–Kier alpha value is -2.07. The summed E-state index contributed by atoms with van der Waals surface area (Å²) in [6.45, 7) is 2.00. The van der Waals surface area contributed by atoms with Crippen molar-refractivity contribution in [1.82, 2.24) is 0 Å². The lowest BCUT2D eigenvalue weighted by molar-refractivity contribution is -0.103. The van der Waals surface area contributed by atoms with Gasteiger partial charge in [0, 0.05) is 5.56 Å². The number of aldehydes is 1. The third-order valence-electron chi connectivity index (χ3n) is 2.39. The fraction of sp³-hybridized carbons (Fsp3) is 0.0714. The predicted octanol–water partition coefficient (Wildman–Crippen LogP) is 2.70. The minimum atomic E-state index is 0.626. The minimum Gasteiger partial charge on any atom is -0.289 e. The third kappa shape index (κ3) is 1.75. The Morgan fingerprint density at radius 3 is 2.73 bits per heavy atom. The monoisotopic (exact) mass is 194 g/mol. The molecule has 0 bridgehead atoms. The van der Waals surface area contributed by atoms with Crippen molar-refractivity contribution in [3.05, 3.63) is 47.5 Å². The van der Waals surface area contributed by atoms with Crippen LogP contribution in [0.2, 0.25) is 0 Å². The fourth-order valence-corrected chi connectivity index (χ4v) is 1.65. The molecule has 72 valence electrons. The van der Waals surface area contributed by atoms with E-state index in [-0.39, 0.29) is 0 Å². The van der Waals surface area contributed by atoms with Crippen molar-refractivity contribution < 1.29 is 4.79 Å². The van der Waals surface area contributed by atoms with Gasteiger partial charge in [-0.05, 0) is 29.2 Å². The first-order valence-electron chi connectivity index (χ1n) is 4.76. The number of benzene rings is 2. The molecule has 1 nitrogen and oxygen atoms in total. The SMILES string of the molecule is Cc1ccc2ccccc2c1C#CC=O. The second kappa shape index (κ2) is 3.98. The molecule has 0 aliphatic rings. The van der Waals surface area contributed by atoms with Gasteiger partial charge < -0.3 is 0 Å². The molecule has 0 heterocycles. The van der Waals surface area contributed by atoms with Crippen LogP contribution in [-0.2, 0) is 4.79 Å². The Labute approximate surface area is 88.7 Å². The molecule has 0 atom stereocenters. The molecule has 0 aromatic heterocycles. The minimum absolute atomic E-state index is 0.626. The van der Waals surface area contributed by atoms with Gasteiger partial charge in [-0.1, -0.05) is 42.3 Å². The zero-order valence-electron chi connectivity index (χ0n) is 8.45. The fourth-order valence-electron chi connectivity index (χ4n) is 1.65. The molecule has 0 unspecified atom stereocenters. The summed E-state index contributed by atoms with van der Waals surface area (Å²) in [5.74, 6) is 5.35. The van der Waals surface area contributed by atoms with Crippen molar-refractivity contribution in [2.24, 2.45) is 0 Å². The van der Waals surface area contributed by atoms with Crippen molar-refractivity contribution >= 4 is 17.1 Å². The number of aryl methyl sites for hydroxylation is 1. The highest BCUT2D eigenvalue weighted by molar-refractivity contribution is 5.90. The van der Waals surface area contributed by atoms with Crippen LogP contribution in [0.25, 0.3) is 10.8 Å². The normalized spacial score (nSPS) is 9.40. The molecule has 1 heteroatoms. The first-order chi connectivity index (χ1) is 7.33. The van der Waals surface area contributed by atoms with Crippen molar-refractivity contribution in [2.75, 3.05) is 0 Å². The largest absolute Gasteiger partial charge is 0.289 e. The van der Waals surface area contributed by atoms with E-state index < -0.39 is 0 Å². The van der Waals surface area contributed by atoms with E-state index in [4.69, 9.17) is 0 Å². The van der Waals surface area contributed by atoms with Gasteiger partial charge in [-0.25, -0.2) is 0 Å². The van der Waals surface area contributed by atoms with E-state index in [0.29, 0.717) is 6.29 Å². The summed E-state index contributed by atoms with van der Waals surface area (Å²) < 4.78 is 0. The Balaban J connectivity index is 2.79. The molecule has 2 rings (SSSR count). The van der Waals surface area contributed by atoms with Crippen molar-refractivity contribution in [1.29, 1.82) is 0 Å². The standard InChI is InChI=1S/C14H10O/c1-11-8-9-12-5-2-3-6-14(12)13(11)7-4-10-15/h2-3,5-6,8-10H,1H3. The molecule has 0 N–H and O–H groups in total. The maximum Gasteiger partial charge on any atom is 0.193 e. The molecule has 0 amide bonds. The highest BCUT2D eigenvalue weighted by Crippen LogP contribution is 2.20. The molecule has 0 spiro atoms. The van der Waals surface area contributed by atoms with Crippen LogP contribution >= 0.6 is 0 Å². The van der Waals surface area contributed by atoms with Crippen LogP contribution in [0.3, 0.4) is 0 Å². The van der Waals surface area contributed by atoms with Crippen LogP contribution in [0, 0.1) is 18.8 Å². The summed E-state index contributed by atoms with van der Waals surface area (Å²) in [4.78, 5) is 10.3. The van der Waals surface area contributed by atoms with Crippen LogP contribution in [0.5, 0.6) is 0 Å². The lowest BCUT2D eigenvalue weighted by Crippen LogP contribution is -1.85. The zero-order valence-corrected chi connectivity index (χ0v) is 8.45. The number of hydrogen-bond donors (Lipinski definition) is 0. The second-order valence-electron chi connectivity index (χ2n) is 3.37. The number of carbonyl (C=O) groups excluding carboxylic acids is 1. The molecule has 0 aliphatic carbocycles. The van der Waals surface area contributed by atoms with Crippen LogP contribution in [0.4, 0.5) is 0 Å². The van der Waals surface area contributed by atoms with E-state index in [2.05, 4.69) is 17.9 Å². The lowest BCUT2D eigenvalue weighted by atomic mass is 10.0. The van der Waals surface area contributed by atoms with Gasteiger partial charge in [-0.2, -0.15) is 0 Å². The quantitative estimate of drug-likeness (QED) is 0.465. The van der Waals surface area contributed by atoms with E-state index in [1.54, 1.807) is 0 Å². The zero-order chi connectivity index (χ0) is 10.7. The number of rotatable bonds is 0. The van der Waals surface area contributed by atoms with Crippen LogP contribution < -0.4 is 0 Å². The van der Waals surface area contributed by atoms with Gasteiger partial charge in [0.05, 0.1) is 0 Å². The Bertz CT molecular complexity index is 571. The summed E-state index contributed by atoms with van der Waals surface area (Å²) in [6.07, 6.45) is 0.626. The summed E-state index contributed by atoms with van der Waals surface area (Å²) in [5, 5.41) is 2.25. The van der Waals surface area contributed by atoms with Gasteiger partial charge >= 0.3 is 0 Å². The highest BCUT2D eigenvalue weighted by Gasteiger charge is 2.00. The Kier molecular flexibility index (Phi) is 2.51. The Morgan fingerprint density at radius 2 is 1.93 bits per heavy atom. The van der Waals surface area contributed by atoms with Gasteiger partial charge in [0.15, 0.2) is 6.29 Å². The molecule has 0 radical (unpaired) electrons. The van der Waals surface area contributed by atoms with E-state index in [1.165, 1.54) is 0 Å². The molecular formula is C14H10O. The second-order valence-corrected chi connectivity index (χ2v) is 3.37. The summed E-state index contributed by atoms with van der Waals surface area (Å²) >= 11 is 0. The molecule has 15 heavy (non-hydrogen) atoms.